The van der Waals surface area contributed by atoms with Crippen LogP contribution in [0.5, 0.6) is 0 Å². The molecular formula is C13H10N4O2. The van der Waals surface area contributed by atoms with Crippen molar-refractivity contribution < 1.29 is 4.92 Å². The maximum Gasteiger partial charge on any atom is 0.269 e. The second-order valence-electron chi connectivity index (χ2n) is 4.25. The van der Waals surface area contributed by atoms with Gasteiger partial charge in [-0.15, -0.1) is 5.10 Å². The van der Waals surface area contributed by atoms with Crippen molar-refractivity contribution in [1.29, 1.82) is 0 Å². The molecule has 94 valence electrons. The van der Waals surface area contributed by atoms with Gasteiger partial charge in [-0.05, 0) is 36.8 Å². The molecule has 0 aliphatic heterocycles. The van der Waals surface area contributed by atoms with E-state index < -0.39 is 4.92 Å². The van der Waals surface area contributed by atoms with Crippen molar-refractivity contribution in [2.75, 3.05) is 0 Å². The van der Waals surface area contributed by atoms with Crippen LogP contribution in [0.1, 0.15) is 5.56 Å². The van der Waals surface area contributed by atoms with Gasteiger partial charge < -0.3 is 0 Å². The summed E-state index contributed by atoms with van der Waals surface area (Å²) in [5.74, 6) is 0.556. The molecule has 0 fully saturated rings. The molecule has 2 heterocycles. The average Bonchev–Trinajstić information content (AvgIpc) is 2.81. The zero-order chi connectivity index (χ0) is 13.4. The number of nitro groups is 1. The molecule has 0 radical (unpaired) electrons. The van der Waals surface area contributed by atoms with Crippen molar-refractivity contribution in [2.45, 2.75) is 6.92 Å². The summed E-state index contributed by atoms with van der Waals surface area (Å²) >= 11 is 0. The third-order valence-corrected chi connectivity index (χ3v) is 2.83. The zero-order valence-electron chi connectivity index (χ0n) is 10.1. The number of nitro benzene ring substituents is 1. The fourth-order valence-electron chi connectivity index (χ4n) is 1.84. The Kier molecular flexibility index (Phi) is 2.49. The van der Waals surface area contributed by atoms with Crippen molar-refractivity contribution in [2.24, 2.45) is 0 Å². The molecule has 0 saturated heterocycles. The van der Waals surface area contributed by atoms with Crippen molar-refractivity contribution >= 4 is 11.3 Å². The lowest BCUT2D eigenvalue weighted by Crippen LogP contribution is -1.88. The van der Waals surface area contributed by atoms with E-state index in [-0.39, 0.29) is 5.69 Å². The van der Waals surface area contributed by atoms with E-state index in [0.717, 1.165) is 16.8 Å². The smallest absolute Gasteiger partial charge is 0.258 e. The number of aromatic nitrogens is 3. The number of non-ortho nitro benzene ring substituents is 1. The van der Waals surface area contributed by atoms with E-state index in [1.165, 1.54) is 12.1 Å². The molecule has 0 atom stereocenters. The van der Waals surface area contributed by atoms with Gasteiger partial charge in [0.05, 0.1) is 4.92 Å². The highest BCUT2D eigenvalue weighted by atomic mass is 16.6. The van der Waals surface area contributed by atoms with Gasteiger partial charge in [-0.3, -0.25) is 10.1 Å². The van der Waals surface area contributed by atoms with E-state index in [0.29, 0.717) is 5.82 Å². The Morgan fingerprint density at radius 1 is 1.21 bits per heavy atom. The molecule has 0 amide bonds. The molecule has 3 rings (SSSR count). The minimum absolute atomic E-state index is 0.0587. The quantitative estimate of drug-likeness (QED) is 0.520. The molecular weight excluding hydrogens is 244 g/mol. The van der Waals surface area contributed by atoms with E-state index in [1.807, 2.05) is 25.3 Å². The van der Waals surface area contributed by atoms with Crippen molar-refractivity contribution in [3.63, 3.8) is 0 Å². The van der Waals surface area contributed by atoms with Crippen LogP contribution in [0.3, 0.4) is 0 Å². The SMILES string of the molecule is Cc1ccn2nc(-c3ccc([N+](=O)[O-])cc3)nc2c1. The highest BCUT2D eigenvalue weighted by Gasteiger charge is 2.09. The Hall–Kier alpha value is -2.76. The number of benzene rings is 1. The minimum Gasteiger partial charge on any atom is -0.258 e. The summed E-state index contributed by atoms with van der Waals surface area (Å²) in [7, 11) is 0. The van der Waals surface area contributed by atoms with Gasteiger partial charge in [-0.25, -0.2) is 9.50 Å². The topological polar surface area (TPSA) is 73.3 Å². The van der Waals surface area contributed by atoms with Gasteiger partial charge in [-0.1, -0.05) is 0 Å². The number of rotatable bonds is 2. The van der Waals surface area contributed by atoms with E-state index in [2.05, 4.69) is 10.1 Å². The number of nitrogens with zero attached hydrogens (tertiary/aromatic N) is 4. The van der Waals surface area contributed by atoms with Crippen LogP contribution in [0, 0.1) is 17.0 Å². The van der Waals surface area contributed by atoms with Gasteiger partial charge in [0.2, 0.25) is 0 Å². The number of hydrogen-bond acceptors (Lipinski definition) is 4. The predicted octanol–water partition coefficient (Wildman–Crippen LogP) is 2.61. The van der Waals surface area contributed by atoms with Crippen LogP contribution in [0.2, 0.25) is 0 Å². The molecule has 6 heteroatoms. The van der Waals surface area contributed by atoms with Gasteiger partial charge in [0, 0.05) is 23.9 Å². The predicted molar refractivity (Wildman–Crippen MR) is 69.8 cm³/mol. The normalized spacial score (nSPS) is 10.8. The summed E-state index contributed by atoms with van der Waals surface area (Å²) in [4.78, 5) is 14.6. The lowest BCUT2D eigenvalue weighted by molar-refractivity contribution is -0.384. The van der Waals surface area contributed by atoms with Gasteiger partial charge in [0.15, 0.2) is 11.5 Å². The number of hydrogen-bond donors (Lipinski definition) is 0. The van der Waals surface area contributed by atoms with Crippen LogP contribution >= 0.6 is 0 Å². The van der Waals surface area contributed by atoms with Gasteiger partial charge in [-0.2, -0.15) is 0 Å². The third kappa shape index (κ3) is 2.03. The molecule has 0 aliphatic carbocycles. The first-order chi connectivity index (χ1) is 9.13. The second-order valence-corrected chi connectivity index (χ2v) is 4.25. The molecule has 0 spiro atoms. The van der Waals surface area contributed by atoms with Crippen LogP contribution < -0.4 is 0 Å². The molecule has 1 aromatic carbocycles. The summed E-state index contributed by atoms with van der Waals surface area (Å²) in [6, 6.07) is 10.1. The summed E-state index contributed by atoms with van der Waals surface area (Å²) in [6.07, 6.45) is 1.84. The Morgan fingerprint density at radius 3 is 2.63 bits per heavy atom. The van der Waals surface area contributed by atoms with E-state index in [1.54, 1.807) is 16.6 Å². The fraction of sp³-hybridized carbons (Fsp3) is 0.0769. The van der Waals surface area contributed by atoms with Crippen LogP contribution in [-0.4, -0.2) is 19.5 Å². The first kappa shape index (κ1) is 11.3. The van der Waals surface area contributed by atoms with E-state index in [9.17, 15) is 10.1 Å². The van der Waals surface area contributed by atoms with Gasteiger partial charge in [0.25, 0.3) is 5.69 Å². The van der Waals surface area contributed by atoms with Gasteiger partial charge in [0.1, 0.15) is 0 Å². The zero-order valence-corrected chi connectivity index (χ0v) is 10.1. The summed E-state index contributed by atoms with van der Waals surface area (Å²) in [6.45, 7) is 1.99. The maximum absolute atomic E-state index is 10.6. The van der Waals surface area contributed by atoms with Crippen molar-refractivity contribution in [1.82, 2.24) is 14.6 Å². The van der Waals surface area contributed by atoms with Crippen LogP contribution in [0.4, 0.5) is 5.69 Å². The van der Waals surface area contributed by atoms with Crippen molar-refractivity contribution in [3.8, 4) is 11.4 Å². The monoisotopic (exact) mass is 254 g/mol. The molecule has 19 heavy (non-hydrogen) atoms. The number of pyridine rings is 1. The highest BCUT2D eigenvalue weighted by Crippen LogP contribution is 2.20. The Morgan fingerprint density at radius 2 is 1.95 bits per heavy atom. The molecule has 6 nitrogen and oxygen atoms in total. The summed E-state index contributed by atoms with van der Waals surface area (Å²) in [5, 5.41) is 14.9. The molecule has 0 unspecified atom stereocenters. The second kappa shape index (κ2) is 4.16. The highest BCUT2D eigenvalue weighted by molar-refractivity contribution is 5.60. The Bertz CT molecular complexity index is 762. The molecule has 3 aromatic rings. The van der Waals surface area contributed by atoms with Crippen LogP contribution in [-0.2, 0) is 0 Å². The lowest BCUT2D eigenvalue weighted by Gasteiger charge is -1.94. The first-order valence-corrected chi connectivity index (χ1v) is 5.71. The van der Waals surface area contributed by atoms with Crippen LogP contribution in [0.15, 0.2) is 42.6 Å². The average molecular weight is 254 g/mol. The third-order valence-electron chi connectivity index (χ3n) is 2.83. The molecule has 2 aromatic heterocycles. The largest absolute Gasteiger partial charge is 0.269 e. The molecule has 0 aliphatic rings. The summed E-state index contributed by atoms with van der Waals surface area (Å²) in [5.41, 5.74) is 2.68. The van der Waals surface area contributed by atoms with Crippen molar-refractivity contribution in [3.05, 3.63) is 58.3 Å². The maximum atomic E-state index is 10.6. The standard InChI is InChI=1S/C13H10N4O2/c1-9-6-7-16-12(8-9)14-13(15-16)10-2-4-11(5-3-10)17(18)19/h2-8H,1H3. The molecule has 0 bridgehead atoms. The first-order valence-electron chi connectivity index (χ1n) is 5.71. The lowest BCUT2D eigenvalue weighted by atomic mass is 10.2. The minimum atomic E-state index is -0.426. The van der Waals surface area contributed by atoms with E-state index >= 15 is 0 Å². The van der Waals surface area contributed by atoms with Crippen LogP contribution in [0.25, 0.3) is 17.0 Å². The number of aryl methyl sites for hydroxylation is 1. The molecule has 0 saturated carbocycles. The van der Waals surface area contributed by atoms with E-state index in [4.69, 9.17) is 0 Å². The molecule has 0 N–H and O–H groups in total. The summed E-state index contributed by atoms with van der Waals surface area (Å²) < 4.78 is 1.68. The fourth-order valence-corrected chi connectivity index (χ4v) is 1.84. The Balaban J connectivity index is 2.06. The Labute approximate surface area is 108 Å². The van der Waals surface area contributed by atoms with Gasteiger partial charge >= 0.3 is 0 Å². The number of fused-ring (bicyclic) bond motifs is 1.